The van der Waals surface area contributed by atoms with E-state index in [0.29, 0.717) is 34.9 Å². The Morgan fingerprint density at radius 2 is 1.72 bits per heavy atom. The Hall–Kier alpha value is -4.84. The predicted octanol–water partition coefficient (Wildman–Crippen LogP) is 4.85. The lowest BCUT2D eigenvalue weighted by Gasteiger charge is -2.23. The van der Waals surface area contributed by atoms with E-state index in [4.69, 9.17) is 19.9 Å². The van der Waals surface area contributed by atoms with E-state index in [9.17, 15) is 18.4 Å². The van der Waals surface area contributed by atoms with E-state index >= 15 is 4.39 Å². The van der Waals surface area contributed by atoms with E-state index in [0.717, 1.165) is 49.0 Å². The molecule has 9 nitrogen and oxygen atoms in total. The Balaban J connectivity index is 1.40. The van der Waals surface area contributed by atoms with Gasteiger partial charge >= 0.3 is 11.8 Å². The molecule has 2 heterocycles. The number of ether oxygens (including phenoxy) is 3. The summed E-state index contributed by atoms with van der Waals surface area (Å²) in [4.78, 5) is 29.5. The van der Waals surface area contributed by atoms with Crippen LogP contribution >= 0.6 is 0 Å². The van der Waals surface area contributed by atoms with Gasteiger partial charge in [-0.25, -0.2) is 13.2 Å². The fourth-order valence-corrected chi connectivity index (χ4v) is 4.84. The van der Waals surface area contributed by atoms with E-state index in [1.54, 1.807) is 18.2 Å². The molecule has 0 radical (unpaired) electrons. The Morgan fingerprint density at radius 1 is 0.930 bits per heavy atom. The first-order chi connectivity index (χ1) is 20.7. The predicted molar refractivity (Wildman–Crippen MR) is 153 cm³/mol. The lowest BCUT2D eigenvalue weighted by molar-refractivity contribution is -0.135. The number of halogens is 3. The third-order valence-electron chi connectivity index (χ3n) is 7.15. The molecule has 224 valence electrons. The molecule has 1 saturated heterocycles. The average Bonchev–Trinajstić information content (AvgIpc) is 3.01. The fourth-order valence-electron chi connectivity index (χ4n) is 4.84. The van der Waals surface area contributed by atoms with E-state index in [2.05, 4.69) is 10.3 Å². The molecule has 2 amide bonds. The minimum absolute atomic E-state index is 0.0461. The van der Waals surface area contributed by atoms with E-state index in [1.807, 2.05) is 0 Å². The van der Waals surface area contributed by atoms with Crippen molar-refractivity contribution in [3.8, 4) is 23.0 Å². The van der Waals surface area contributed by atoms with E-state index in [-0.39, 0.29) is 29.3 Å². The molecule has 3 aromatic carbocycles. The van der Waals surface area contributed by atoms with Crippen molar-refractivity contribution in [2.75, 3.05) is 31.7 Å². The number of anilines is 1. The van der Waals surface area contributed by atoms with Gasteiger partial charge in [-0.2, -0.15) is 0 Å². The molecule has 5 rings (SSSR count). The van der Waals surface area contributed by atoms with Crippen LogP contribution in [0.4, 0.5) is 18.9 Å². The maximum atomic E-state index is 15.3. The first-order valence-corrected chi connectivity index (χ1v) is 13.6. The molecule has 0 unspecified atom stereocenters. The summed E-state index contributed by atoms with van der Waals surface area (Å²) in [7, 11) is 1.52. The second-order valence-corrected chi connectivity index (χ2v) is 10.1. The molecule has 1 aliphatic heterocycles. The number of fused-ring (bicyclic) bond motifs is 1. The molecule has 43 heavy (non-hydrogen) atoms. The van der Waals surface area contributed by atoms with Gasteiger partial charge in [0.15, 0.2) is 34.7 Å². The number of nitrogens with one attached hydrogen (secondary N) is 1. The largest absolute Gasteiger partial charge is 0.493 e. The summed E-state index contributed by atoms with van der Waals surface area (Å²) < 4.78 is 60.0. The number of benzene rings is 3. The molecular weight excluding hydrogens is 565 g/mol. The Bertz CT molecular complexity index is 1660. The number of carbonyl (C=O) groups excluding carboxylic acids is 2. The number of nitrogens with zero attached hydrogens (tertiary/aromatic N) is 2. The topological polar surface area (TPSA) is 116 Å². The number of aromatic nitrogens is 1. The summed E-state index contributed by atoms with van der Waals surface area (Å²) in [5.41, 5.74) is 5.84. The highest BCUT2D eigenvalue weighted by atomic mass is 19.2. The van der Waals surface area contributed by atoms with Crippen molar-refractivity contribution < 1.29 is 37.0 Å². The molecular formula is C31H29F3N4O5. The number of pyridine rings is 1. The zero-order chi connectivity index (χ0) is 30.5. The van der Waals surface area contributed by atoms with Gasteiger partial charge < -0.3 is 25.3 Å². The zero-order valence-corrected chi connectivity index (χ0v) is 23.2. The molecule has 12 heteroatoms. The van der Waals surface area contributed by atoms with Crippen molar-refractivity contribution in [2.24, 2.45) is 11.7 Å². The first kappa shape index (κ1) is 29.6. The van der Waals surface area contributed by atoms with Crippen molar-refractivity contribution in [3.05, 3.63) is 83.8 Å². The molecule has 0 aliphatic carbocycles. The van der Waals surface area contributed by atoms with Crippen LogP contribution in [0, 0.1) is 23.4 Å². The number of hydrogen-bond donors (Lipinski definition) is 2. The van der Waals surface area contributed by atoms with Gasteiger partial charge in [-0.05, 0) is 73.8 Å². The monoisotopic (exact) mass is 594 g/mol. The van der Waals surface area contributed by atoms with Crippen LogP contribution < -0.4 is 30.2 Å². The third-order valence-corrected chi connectivity index (χ3v) is 7.15. The van der Waals surface area contributed by atoms with Crippen LogP contribution in [0.25, 0.3) is 10.9 Å². The number of hydrogen-bond acceptors (Lipinski definition) is 7. The van der Waals surface area contributed by atoms with Crippen LogP contribution in [-0.2, 0) is 16.1 Å². The maximum Gasteiger partial charge on any atom is 0.316 e. The van der Waals surface area contributed by atoms with E-state index in [1.165, 1.54) is 31.5 Å². The number of nitrogens with two attached hydrogens (primary N) is 1. The van der Waals surface area contributed by atoms with Crippen molar-refractivity contribution in [3.63, 3.8) is 0 Å². The fraction of sp³-hybridized carbons (Fsp3) is 0.258. The minimum Gasteiger partial charge on any atom is -0.493 e. The summed E-state index contributed by atoms with van der Waals surface area (Å²) in [5, 5.41) is 3.87. The number of methoxy groups -OCH3 is 1. The van der Waals surface area contributed by atoms with E-state index < -0.39 is 29.3 Å². The van der Waals surface area contributed by atoms with Crippen LogP contribution in [0.2, 0.25) is 0 Å². The highest BCUT2D eigenvalue weighted by Crippen LogP contribution is 2.38. The van der Waals surface area contributed by atoms with Crippen LogP contribution in [0.3, 0.4) is 0 Å². The summed E-state index contributed by atoms with van der Waals surface area (Å²) in [6, 6.07) is 11.6. The lowest BCUT2D eigenvalue weighted by Crippen LogP contribution is -2.40. The summed E-state index contributed by atoms with van der Waals surface area (Å²) in [6.07, 6.45) is 3.56. The molecule has 0 saturated carbocycles. The highest BCUT2D eigenvalue weighted by molar-refractivity contribution is 6.39. The number of rotatable bonds is 9. The highest BCUT2D eigenvalue weighted by Gasteiger charge is 2.24. The van der Waals surface area contributed by atoms with Gasteiger partial charge in [0.25, 0.3) is 0 Å². The summed E-state index contributed by atoms with van der Waals surface area (Å²) >= 11 is 0. The Kier molecular flexibility index (Phi) is 8.96. The normalized spacial score (nSPS) is 13.5. The van der Waals surface area contributed by atoms with Gasteiger partial charge in [0.1, 0.15) is 5.75 Å². The van der Waals surface area contributed by atoms with Crippen LogP contribution in [-0.4, -0.2) is 43.6 Å². The van der Waals surface area contributed by atoms with Gasteiger partial charge in [0.05, 0.1) is 25.8 Å². The number of primary amides is 1. The van der Waals surface area contributed by atoms with Crippen molar-refractivity contribution >= 4 is 28.4 Å². The number of amides is 2. The van der Waals surface area contributed by atoms with Crippen LogP contribution in [0.15, 0.2) is 60.8 Å². The third kappa shape index (κ3) is 6.81. The quantitative estimate of drug-likeness (QED) is 0.266. The van der Waals surface area contributed by atoms with Crippen molar-refractivity contribution in [2.45, 2.75) is 19.4 Å². The van der Waals surface area contributed by atoms with Gasteiger partial charge in [-0.3, -0.25) is 19.5 Å². The van der Waals surface area contributed by atoms with Gasteiger partial charge in [0.2, 0.25) is 0 Å². The molecule has 1 aliphatic rings. The van der Waals surface area contributed by atoms with Gasteiger partial charge in [-0.1, -0.05) is 6.07 Å². The molecule has 3 N–H and O–H groups in total. The summed E-state index contributed by atoms with van der Waals surface area (Å²) in [5.74, 6) is -4.01. The molecule has 0 atom stereocenters. The number of carbonyl (C=O) groups is 2. The van der Waals surface area contributed by atoms with Crippen molar-refractivity contribution in [1.29, 1.82) is 0 Å². The zero-order valence-electron chi connectivity index (χ0n) is 23.2. The van der Waals surface area contributed by atoms with Crippen LogP contribution in [0.1, 0.15) is 18.4 Å². The average molecular weight is 595 g/mol. The molecule has 0 bridgehead atoms. The summed E-state index contributed by atoms with van der Waals surface area (Å²) in [6.45, 7) is 2.09. The second-order valence-electron chi connectivity index (χ2n) is 10.1. The standard InChI is InChI=1S/C31H29F3N4O5/c1-41-28-14-21-25(15-29(28)42-17-18-6-9-36-10-7-18)37-11-8-26(21)43-27-5-3-20(13-24(27)34)38(31(40)30(35)39)16-19-2-4-22(32)23(33)12-19/h2-5,8,11-15,18,36H,6-7,9-10,16-17H2,1H3,(H2,35,39). The molecule has 1 aromatic heterocycles. The first-order valence-electron chi connectivity index (χ1n) is 13.6. The van der Waals surface area contributed by atoms with Crippen molar-refractivity contribution in [1.82, 2.24) is 10.3 Å². The SMILES string of the molecule is COc1cc2c(Oc3ccc(N(Cc4ccc(F)c(F)c4)C(=O)C(N)=O)cc3F)ccnc2cc1OCC1CCNCC1. The molecule has 1 fully saturated rings. The van der Waals surface area contributed by atoms with Crippen LogP contribution in [0.5, 0.6) is 23.0 Å². The minimum atomic E-state index is -1.31. The Morgan fingerprint density at radius 3 is 2.42 bits per heavy atom. The second kappa shape index (κ2) is 13.0. The Labute approximate surface area is 245 Å². The number of piperidine rings is 1. The smallest absolute Gasteiger partial charge is 0.316 e. The van der Waals surface area contributed by atoms with Gasteiger partial charge in [0, 0.05) is 29.4 Å². The molecule has 4 aromatic rings. The maximum absolute atomic E-state index is 15.3. The lowest BCUT2D eigenvalue weighted by atomic mass is 9.99. The van der Waals surface area contributed by atoms with Gasteiger partial charge in [-0.15, -0.1) is 0 Å². The molecule has 0 spiro atoms.